The fourth-order valence-corrected chi connectivity index (χ4v) is 6.79. The van der Waals surface area contributed by atoms with Crippen LogP contribution >= 0.6 is 0 Å². The van der Waals surface area contributed by atoms with Gasteiger partial charge in [0, 0.05) is 32.7 Å². The van der Waals surface area contributed by atoms with Gasteiger partial charge in [0.15, 0.2) is 4.75 Å². The molecule has 200 valence electrons. The standard InChI is InChI=1S/C23H28F4N2O6S/c1-34-16-15-29-13-11-21(12-14-29,20(30)28-31)36(32,33)22(35-23(26,27)19(24)25)9-7-18(8-10-22)17-5-3-2-4-6-17/h2-10,18-19,31H,11-16H2,1H3,(H,28,30). The van der Waals surface area contributed by atoms with Crippen molar-refractivity contribution in [3.05, 3.63) is 60.2 Å². The molecule has 1 amide bonds. The smallest absolute Gasteiger partial charge is 0.383 e. The van der Waals surface area contributed by atoms with Crippen molar-refractivity contribution >= 4 is 15.7 Å². The van der Waals surface area contributed by atoms with Crippen LogP contribution in [-0.2, 0) is 24.1 Å². The van der Waals surface area contributed by atoms with Crippen molar-refractivity contribution in [2.24, 2.45) is 0 Å². The largest absolute Gasteiger partial charge is 0.418 e. The second-order valence-electron chi connectivity index (χ2n) is 8.61. The van der Waals surface area contributed by atoms with E-state index in [9.17, 15) is 36.0 Å². The maximum atomic E-state index is 14.2. The minimum absolute atomic E-state index is 0.0391. The normalized spacial score (nSPS) is 24.7. The molecule has 36 heavy (non-hydrogen) atoms. The minimum Gasteiger partial charge on any atom is -0.383 e. The lowest BCUT2D eigenvalue weighted by atomic mass is 9.93. The number of carbonyl (C=O) groups excluding carboxylic acids is 1. The van der Waals surface area contributed by atoms with Crippen molar-refractivity contribution in [2.45, 2.75) is 41.0 Å². The van der Waals surface area contributed by atoms with Gasteiger partial charge in [-0.1, -0.05) is 42.5 Å². The van der Waals surface area contributed by atoms with Gasteiger partial charge in [0.1, 0.15) is 0 Å². The van der Waals surface area contributed by atoms with Crippen LogP contribution in [0, 0.1) is 0 Å². The molecule has 13 heteroatoms. The Kier molecular flexibility index (Phi) is 8.61. The molecule has 1 aliphatic heterocycles. The Bertz CT molecular complexity index is 1060. The molecule has 1 fully saturated rings. The van der Waals surface area contributed by atoms with E-state index in [1.165, 1.54) is 24.7 Å². The number of carbonyl (C=O) groups is 1. The summed E-state index contributed by atoms with van der Waals surface area (Å²) >= 11 is 0. The molecule has 0 unspecified atom stereocenters. The van der Waals surface area contributed by atoms with Gasteiger partial charge >= 0.3 is 12.5 Å². The van der Waals surface area contributed by atoms with Crippen LogP contribution in [0.5, 0.6) is 0 Å². The van der Waals surface area contributed by atoms with E-state index in [0.717, 1.165) is 12.2 Å². The average Bonchev–Trinajstić information content (AvgIpc) is 2.87. The van der Waals surface area contributed by atoms with Gasteiger partial charge in [-0.15, -0.1) is 0 Å². The third-order valence-electron chi connectivity index (χ3n) is 6.53. The molecule has 0 radical (unpaired) electrons. The predicted molar refractivity (Wildman–Crippen MR) is 121 cm³/mol. The van der Waals surface area contributed by atoms with Crippen molar-refractivity contribution in [3.63, 3.8) is 0 Å². The number of amides is 1. The lowest BCUT2D eigenvalue weighted by Crippen LogP contribution is -2.64. The highest BCUT2D eigenvalue weighted by atomic mass is 32.2. The van der Waals surface area contributed by atoms with Crippen LogP contribution in [-0.4, -0.2) is 80.0 Å². The predicted octanol–water partition coefficient (Wildman–Crippen LogP) is 2.87. The summed E-state index contributed by atoms with van der Waals surface area (Å²) in [6.45, 7) is 0.817. The molecular weight excluding hydrogens is 508 g/mol. The number of hydrogen-bond acceptors (Lipinski definition) is 7. The summed E-state index contributed by atoms with van der Waals surface area (Å²) in [6.07, 6.45) is -6.28. The quantitative estimate of drug-likeness (QED) is 0.205. The highest BCUT2D eigenvalue weighted by molar-refractivity contribution is 7.95. The first-order valence-corrected chi connectivity index (χ1v) is 12.6. The molecule has 8 nitrogen and oxygen atoms in total. The number of alkyl halides is 4. The summed E-state index contributed by atoms with van der Waals surface area (Å²) in [6, 6.07) is 8.61. The Morgan fingerprint density at radius 2 is 1.78 bits per heavy atom. The van der Waals surface area contributed by atoms with Gasteiger partial charge < -0.3 is 9.64 Å². The van der Waals surface area contributed by atoms with Crippen LogP contribution < -0.4 is 5.48 Å². The van der Waals surface area contributed by atoms with Gasteiger partial charge in [-0.3, -0.25) is 14.7 Å². The SMILES string of the molecule is COCCN1CCC(C(=O)NO)(S(=O)(=O)C2(OC(F)(F)C(F)F)C=CC(c3ccccc3)C=C2)CC1. The Hall–Kier alpha value is -2.32. The second kappa shape index (κ2) is 11.0. The van der Waals surface area contributed by atoms with Gasteiger partial charge in [-0.2, -0.15) is 8.78 Å². The summed E-state index contributed by atoms with van der Waals surface area (Å²) in [4.78, 5) is 11.5. The maximum absolute atomic E-state index is 14.2. The summed E-state index contributed by atoms with van der Waals surface area (Å²) in [5.74, 6) is -1.92. The molecular formula is C23H28F4N2O6S. The number of benzene rings is 1. The van der Waals surface area contributed by atoms with E-state index in [0.29, 0.717) is 18.7 Å². The first-order chi connectivity index (χ1) is 16.9. The molecule has 2 aliphatic rings. The molecule has 1 saturated heterocycles. The Balaban J connectivity index is 2.07. The first kappa shape index (κ1) is 28.3. The number of allylic oxidation sites excluding steroid dienone is 2. The Morgan fingerprint density at radius 3 is 2.28 bits per heavy atom. The van der Waals surface area contributed by atoms with Crippen LogP contribution in [0.2, 0.25) is 0 Å². The molecule has 0 saturated carbocycles. The molecule has 1 heterocycles. The zero-order valence-electron chi connectivity index (χ0n) is 19.4. The third kappa shape index (κ3) is 5.21. The summed E-state index contributed by atoms with van der Waals surface area (Å²) < 4.78 is 89.8. The molecule has 0 aromatic heterocycles. The zero-order valence-corrected chi connectivity index (χ0v) is 20.3. The highest BCUT2D eigenvalue weighted by Crippen LogP contribution is 2.46. The molecule has 0 bridgehead atoms. The van der Waals surface area contributed by atoms with E-state index in [4.69, 9.17) is 4.74 Å². The van der Waals surface area contributed by atoms with Crippen molar-refractivity contribution in [3.8, 4) is 0 Å². The number of hydroxylamine groups is 1. The van der Waals surface area contributed by atoms with Crippen LogP contribution in [0.4, 0.5) is 17.6 Å². The molecule has 1 aromatic carbocycles. The van der Waals surface area contributed by atoms with Crippen LogP contribution in [0.15, 0.2) is 54.6 Å². The highest BCUT2D eigenvalue weighted by Gasteiger charge is 2.64. The number of ether oxygens (including phenoxy) is 2. The second-order valence-corrected chi connectivity index (χ2v) is 11.0. The number of nitrogens with zero attached hydrogens (tertiary/aromatic N) is 1. The molecule has 3 rings (SSSR count). The van der Waals surface area contributed by atoms with Crippen LogP contribution in [0.25, 0.3) is 0 Å². The number of rotatable bonds is 10. The third-order valence-corrected chi connectivity index (χ3v) is 9.35. The fourth-order valence-electron chi connectivity index (χ4n) is 4.44. The first-order valence-electron chi connectivity index (χ1n) is 11.1. The fraction of sp³-hybridized carbons (Fsp3) is 0.522. The molecule has 1 aliphatic carbocycles. The van der Waals surface area contributed by atoms with Crippen LogP contribution in [0.3, 0.4) is 0 Å². The number of methoxy groups -OCH3 is 1. The van der Waals surface area contributed by atoms with Crippen molar-refractivity contribution in [1.82, 2.24) is 10.4 Å². The Morgan fingerprint density at radius 1 is 1.19 bits per heavy atom. The number of hydrogen-bond donors (Lipinski definition) is 2. The van der Waals surface area contributed by atoms with Crippen LogP contribution in [0.1, 0.15) is 24.3 Å². The van der Waals surface area contributed by atoms with Gasteiger partial charge in [0.25, 0.3) is 5.91 Å². The monoisotopic (exact) mass is 536 g/mol. The number of halogens is 4. The number of sulfone groups is 1. The van der Waals surface area contributed by atoms with E-state index in [1.54, 1.807) is 35.2 Å². The van der Waals surface area contributed by atoms with Gasteiger partial charge in [-0.05, 0) is 30.6 Å². The van der Waals surface area contributed by atoms with Gasteiger partial charge in [0.2, 0.25) is 14.8 Å². The number of nitrogens with one attached hydrogen (secondary N) is 1. The van der Waals surface area contributed by atoms with E-state index in [1.807, 2.05) is 0 Å². The summed E-state index contributed by atoms with van der Waals surface area (Å²) in [5.41, 5.74) is 2.00. The molecule has 2 N–H and O–H groups in total. The summed E-state index contributed by atoms with van der Waals surface area (Å²) in [5, 5.41) is 9.37. The lowest BCUT2D eigenvalue weighted by molar-refractivity contribution is -0.313. The van der Waals surface area contributed by atoms with E-state index in [-0.39, 0.29) is 13.1 Å². The van der Waals surface area contributed by atoms with Crippen molar-refractivity contribution in [2.75, 3.05) is 33.4 Å². The minimum atomic E-state index is -5.18. The molecule has 1 aromatic rings. The van der Waals surface area contributed by atoms with Crippen molar-refractivity contribution < 1.29 is 45.5 Å². The molecule has 0 spiro atoms. The van der Waals surface area contributed by atoms with Gasteiger partial charge in [0.05, 0.1) is 6.61 Å². The van der Waals surface area contributed by atoms with E-state index in [2.05, 4.69) is 4.74 Å². The van der Waals surface area contributed by atoms with E-state index >= 15 is 0 Å². The summed E-state index contributed by atoms with van der Waals surface area (Å²) in [7, 11) is -3.70. The number of likely N-dealkylation sites (tertiary alicyclic amines) is 1. The number of piperidine rings is 1. The zero-order chi connectivity index (χ0) is 26.6. The van der Waals surface area contributed by atoms with Crippen molar-refractivity contribution in [1.29, 1.82) is 0 Å². The Labute approximate surface area is 206 Å². The average molecular weight is 537 g/mol. The van der Waals surface area contributed by atoms with E-state index < -0.39 is 56.7 Å². The topological polar surface area (TPSA) is 105 Å². The lowest BCUT2D eigenvalue weighted by Gasteiger charge is -2.44. The maximum Gasteiger partial charge on any atom is 0.418 e. The molecule has 0 atom stereocenters. The van der Waals surface area contributed by atoms with Gasteiger partial charge in [-0.25, -0.2) is 22.7 Å².